The predicted octanol–water partition coefficient (Wildman–Crippen LogP) is 5.16. The summed E-state index contributed by atoms with van der Waals surface area (Å²) in [6, 6.07) is 10.5. The first-order valence-electron chi connectivity index (χ1n) is 5.50. The van der Waals surface area contributed by atoms with Crippen LogP contribution >= 0.6 is 27.5 Å². The highest BCUT2D eigenvalue weighted by molar-refractivity contribution is 9.10. The molecule has 0 unspecified atom stereocenters. The van der Waals surface area contributed by atoms with E-state index in [1.807, 2.05) is 25.1 Å². The smallest absolute Gasteiger partial charge is 0.123 e. The van der Waals surface area contributed by atoms with E-state index in [1.165, 1.54) is 12.1 Å². The number of rotatable bonds is 3. The van der Waals surface area contributed by atoms with Gasteiger partial charge in [0.15, 0.2) is 0 Å². The van der Waals surface area contributed by atoms with E-state index >= 15 is 0 Å². The molecule has 0 aliphatic rings. The molecule has 0 aliphatic carbocycles. The molecule has 94 valence electrons. The molecule has 18 heavy (non-hydrogen) atoms. The van der Waals surface area contributed by atoms with Crippen molar-refractivity contribution in [3.63, 3.8) is 0 Å². The van der Waals surface area contributed by atoms with Crippen LogP contribution in [0.3, 0.4) is 0 Å². The second-order valence-corrected chi connectivity index (χ2v) is 5.31. The molecule has 2 aromatic carbocycles. The number of halogens is 3. The van der Waals surface area contributed by atoms with Crippen LogP contribution in [0.2, 0.25) is 5.02 Å². The Morgan fingerprint density at radius 3 is 2.67 bits per heavy atom. The Morgan fingerprint density at radius 1 is 1.22 bits per heavy atom. The van der Waals surface area contributed by atoms with Gasteiger partial charge in [-0.05, 0) is 64.3 Å². The maximum atomic E-state index is 13.0. The van der Waals surface area contributed by atoms with Gasteiger partial charge in [0.2, 0.25) is 0 Å². The molecule has 2 rings (SSSR count). The van der Waals surface area contributed by atoms with E-state index in [9.17, 15) is 4.39 Å². The van der Waals surface area contributed by atoms with Crippen molar-refractivity contribution >= 4 is 33.2 Å². The fraction of sp³-hybridized carbons (Fsp3) is 0.143. The van der Waals surface area contributed by atoms with Crippen molar-refractivity contribution in [2.45, 2.75) is 13.5 Å². The lowest BCUT2D eigenvalue weighted by molar-refractivity contribution is 0.625. The number of nitrogens with one attached hydrogen (secondary N) is 1. The summed E-state index contributed by atoms with van der Waals surface area (Å²) < 4.78 is 13.8. The SMILES string of the molecule is Cc1cc(F)ccc1CNc1ccc(Br)c(Cl)c1. The number of hydrogen-bond acceptors (Lipinski definition) is 1. The van der Waals surface area contributed by atoms with Crippen LogP contribution in [-0.2, 0) is 6.54 Å². The van der Waals surface area contributed by atoms with Crippen LogP contribution in [0, 0.1) is 12.7 Å². The predicted molar refractivity (Wildman–Crippen MR) is 77.6 cm³/mol. The molecule has 0 bridgehead atoms. The molecule has 0 aromatic heterocycles. The molecule has 1 N–H and O–H groups in total. The van der Waals surface area contributed by atoms with Gasteiger partial charge in [-0.2, -0.15) is 0 Å². The van der Waals surface area contributed by atoms with Crippen LogP contribution < -0.4 is 5.32 Å². The third kappa shape index (κ3) is 3.24. The van der Waals surface area contributed by atoms with Crippen molar-refractivity contribution in [1.82, 2.24) is 0 Å². The third-order valence-corrected chi connectivity index (χ3v) is 3.94. The van der Waals surface area contributed by atoms with Gasteiger partial charge in [0, 0.05) is 16.7 Å². The van der Waals surface area contributed by atoms with Gasteiger partial charge in [0.1, 0.15) is 5.82 Å². The normalized spacial score (nSPS) is 10.4. The molecule has 0 amide bonds. The minimum absolute atomic E-state index is 0.206. The lowest BCUT2D eigenvalue weighted by Crippen LogP contribution is -2.01. The number of hydrogen-bond donors (Lipinski definition) is 1. The van der Waals surface area contributed by atoms with Gasteiger partial charge in [-0.15, -0.1) is 0 Å². The average molecular weight is 329 g/mol. The van der Waals surface area contributed by atoms with Crippen LogP contribution in [0.5, 0.6) is 0 Å². The monoisotopic (exact) mass is 327 g/mol. The van der Waals surface area contributed by atoms with Crippen LogP contribution in [0.15, 0.2) is 40.9 Å². The summed E-state index contributed by atoms with van der Waals surface area (Å²) in [5, 5.41) is 3.92. The summed E-state index contributed by atoms with van der Waals surface area (Å²) in [4.78, 5) is 0. The first-order chi connectivity index (χ1) is 8.56. The van der Waals surface area contributed by atoms with Crippen molar-refractivity contribution in [3.05, 3.63) is 62.8 Å². The summed E-state index contributed by atoms with van der Waals surface area (Å²) in [6.45, 7) is 2.54. The van der Waals surface area contributed by atoms with Gasteiger partial charge >= 0.3 is 0 Å². The molecule has 0 atom stereocenters. The van der Waals surface area contributed by atoms with E-state index in [-0.39, 0.29) is 5.82 Å². The molecule has 0 heterocycles. The maximum Gasteiger partial charge on any atom is 0.123 e. The minimum Gasteiger partial charge on any atom is -0.381 e. The zero-order valence-electron chi connectivity index (χ0n) is 9.81. The minimum atomic E-state index is -0.206. The zero-order valence-corrected chi connectivity index (χ0v) is 12.1. The van der Waals surface area contributed by atoms with Crippen LogP contribution in [-0.4, -0.2) is 0 Å². The third-order valence-electron chi connectivity index (χ3n) is 2.71. The van der Waals surface area contributed by atoms with Crippen molar-refractivity contribution in [2.24, 2.45) is 0 Å². The van der Waals surface area contributed by atoms with E-state index in [4.69, 9.17) is 11.6 Å². The molecule has 0 aliphatic heterocycles. The zero-order chi connectivity index (χ0) is 13.1. The van der Waals surface area contributed by atoms with E-state index in [0.717, 1.165) is 21.3 Å². The molecule has 0 fully saturated rings. The first kappa shape index (κ1) is 13.4. The maximum absolute atomic E-state index is 13.0. The Morgan fingerprint density at radius 2 is 2.00 bits per heavy atom. The van der Waals surface area contributed by atoms with Crippen LogP contribution in [0.25, 0.3) is 0 Å². The topological polar surface area (TPSA) is 12.0 Å². The molecular weight excluding hydrogens is 317 g/mol. The van der Waals surface area contributed by atoms with Crippen LogP contribution in [0.4, 0.5) is 10.1 Å². The van der Waals surface area contributed by atoms with Gasteiger partial charge in [0.25, 0.3) is 0 Å². The van der Waals surface area contributed by atoms with Gasteiger partial charge in [-0.1, -0.05) is 17.7 Å². The molecule has 0 spiro atoms. The molecule has 0 saturated carbocycles. The van der Waals surface area contributed by atoms with E-state index in [2.05, 4.69) is 21.2 Å². The Labute approximate surface area is 119 Å². The quantitative estimate of drug-likeness (QED) is 0.820. The Kier molecular flexibility index (Phi) is 4.25. The van der Waals surface area contributed by atoms with Crippen molar-refractivity contribution in [3.8, 4) is 0 Å². The second-order valence-electron chi connectivity index (χ2n) is 4.05. The summed E-state index contributed by atoms with van der Waals surface area (Å²) >= 11 is 9.35. The summed E-state index contributed by atoms with van der Waals surface area (Å²) in [5.74, 6) is -0.206. The molecule has 0 radical (unpaired) electrons. The summed E-state index contributed by atoms with van der Waals surface area (Å²) in [6.07, 6.45) is 0. The van der Waals surface area contributed by atoms with E-state index in [1.54, 1.807) is 6.07 Å². The molecule has 1 nitrogen and oxygen atoms in total. The van der Waals surface area contributed by atoms with Crippen LogP contribution in [0.1, 0.15) is 11.1 Å². The van der Waals surface area contributed by atoms with Crippen molar-refractivity contribution in [2.75, 3.05) is 5.32 Å². The number of anilines is 1. The largest absolute Gasteiger partial charge is 0.381 e. The van der Waals surface area contributed by atoms with E-state index in [0.29, 0.717) is 11.6 Å². The van der Waals surface area contributed by atoms with Gasteiger partial charge in [0.05, 0.1) is 5.02 Å². The Bertz CT molecular complexity index is 572. The molecule has 0 saturated heterocycles. The Balaban J connectivity index is 2.09. The highest BCUT2D eigenvalue weighted by Crippen LogP contribution is 2.25. The van der Waals surface area contributed by atoms with Gasteiger partial charge in [-0.25, -0.2) is 4.39 Å². The highest BCUT2D eigenvalue weighted by Gasteiger charge is 2.02. The second kappa shape index (κ2) is 5.72. The lowest BCUT2D eigenvalue weighted by Gasteiger charge is -2.10. The fourth-order valence-electron chi connectivity index (χ4n) is 1.66. The Hall–Kier alpha value is -1.06. The van der Waals surface area contributed by atoms with Gasteiger partial charge < -0.3 is 5.32 Å². The molecule has 4 heteroatoms. The van der Waals surface area contributed by atoms with Crippen molar-refractivity contribution in [1.29, 1.82) is 0 Å². The lowest BCUT2D eigenvalue weighted by atomic mass is 10.1. The molecular formula is C14H12BrClFN. The van der Waals surface area contributed by atoms with E-state index < -0.39 is 0 Å². The standard InChI is InChI=1S/C14H12BrClFN/c1-9-6-11(17)3-2-10(9)8-18-12-4-5-13(15)14(16)7-12/h2-7,18H,8H2,1H3. The summed E-state index contributed by atoms with van der Waals surface area (Å²) in [7, 11) is 0. The highest BCUT2D eigenvalue weighted by atomic mass is 79.9. The van der Waals surface area contributed by atoms with Crippen molar-refractivity contribution < 1.29 is 4.39 Å². The first-order valence-corrected chi connectivity index (χ1v) is 6.67. The average Bonchev–Trinajstić information content (AvgIpc) is 2.32. The summed E-state index contributed by atoms with van der Waals surface area (Å²) in [5.41, 5.74) is 2.94. The fourth-order valence-corrected chi connectivity index (χ4v) is 2.09. The number of benzene rings is 2. The molecule has 2 aromatic rings. The van der Waals surface area contributed by atoms with Gasteiger partial charge in [-0.3, -0.25) is 0 Å². The number of aryl methyl sites for hydroxylation is 1.